The van der Waals surface area contributed by atoms with Crippen LogP contribution >= 0.6 is 0 Å². The Morgan fingerprint density at radius 3 is 2.26 bits per heavy atom. The molecule has 3 N–H and O–H groups in total. The van der Waals surface area contributed by atoms with Gasteiger partial charge in [0.15, 0.2) is 0 Å². The number of halogens is 3. The van der Waals surface area contributed by atoms with E-state index in [1.807, 2.05) is 0 Å². The molecule has 0 bridgehead atoms. The molecule has 1 heterocycles. The Balaban J connectivity index is 0.000000224. The number of carbonyl (C=O) groups is 2. The molecule has 0 saturated heterocycles. The van der Waals surface area contributed by atoms with E-state index in [4.69, 9.17) is 15.0 Å². The van der Waals surface area contributed by atoms with Gasteiger partial charge < -0.3 is 10.2 Å². The van der Waals surface area contributed by atoms with Gasteiger partial charge in [-0.3, -0.25) is 5.10 Å². The van der Waals surface area contributed by atoms with Crippen LogP contribution in [-0.2, 0) is 4.79 Å². The van der Waals surface area contributed by atoms with Crippen molar-refractivity contribution in [1.29, 1.82) is 0 Å². The van der Waals surface area contributed by atoms with Crippen molar-refractivity contribution in [2.75, 3.05) is 0 Å². The predicted molar refractivity (Wildman–Crippen MR) is 54.5 cm³/mol. The Morgan fingerprint density at radius 2 is 1.79 bits per heavy atom. The van der Waals surface area contributed by atoms with Crippen molar-refractivity contribution >= 4 is 23.0 Å². The van der Waals surface area contributed by atoms with E-state index < -0.39 is 18.1 Å². The number of fused-ring (bicyclic) bond motifs is 1. The van der Waals surface area contributed by atoms with Crippen molar-refractivity contribution in [2.24, 2.45) is 0 Å². The number of aromatic carboxylic acids is 1. The number of aromatic nitrogens is 3. The molecule has 1 aromatic carbocycles. The van der Waals surface area contributed by atoms with E-state index in [0.717, 1.165) is 5.52 Å². The molecule has 1 aromatic heterocycles. The predicted octanol–water partition coefficient (Wildman–Crippen LogP) is 1.29. The first-order valence-electron chi connectivity index (χ1n) is 4.56. The SMILES string of the molecule is O=C(O)C(F)(F)F.O=C(O)c1ccc2[nH]nnc2c1. The molecule has 2 aromatic rings. The topological polar surface area (TPSA) is 116 Å². The van der Waals surface area contributed by atoms with Gasteiger partial charge in [0.2, 0.25) is 0 Å². The van der Waals surface area contributed by atoms with E-state index in [0.29, 0.717) is 5.52 Å². The highest BCUT2D eigenvalue weighted by molar-refractivity contribution is 5.91. The van der Waals surface area contributed by atoms with Crippen molar-refractivity contribution in [3.8, 4) is 0 Å². The van der Waals surface area contributed by atoms with E-state index >= 15 is 0 Å². The number of aromatic amines is 1. The number of nitrogens with one attached hydrogen (secondary N) is 1. The second kappa shape index (κ2) is 5.33. The van der Waals surface area contributed by atoms with Gasteiger partial charge in [0, 0.05) is 0 Å². The molecule has 0 aliphatic rings. The summed E-state index contributed by atoms with van der Waals surface area (Å²) < 4.78 is 31.7. The first-order valence-corrected chi connectivity index (χ1v) is 4.56. The number of rotatable bonds is 1. The largest absolute Gasteiger partial charge is 0.490 e. The normalized spacial score (nSPS) is 10.7. The molecular formula is C9H6F3N3O4. The highest BCUT2D eigenvalue weighted by Gasteiger charge is 2.38. The quantitative estimate of drug-likeness (QED) is 0.723. The first kappa shape index (κ1) is 14.4. The number of aliphatic carboxylic acids is 1. The molecule has 2 rings (SSSR count). The van der Waals surface area contributed by atoms with Crippen molar-refractivity contribution in [3.05, 3.63) is 23.8 Å². The van der Waals surface area contributed by atoms with Crippen LogP contribution in [0.4, 0.5) is 13.2 Å². The van der Waals surface area contributed by atoms with E-state index in [1.54, 1.807) is 6.07 Å². The summed E-state index contributed by atoms with van der Waals surface area (Å²) in [4.78, 5) is 19.4. The van der Waals surface area contributed by atoms with E-state index in [1.165, 1.54) is 12.1 Å². The van der Waals surface area contributed by atoms with Gasteiger partial charge >= 0.3 is 18.1 Å². The summed E-state index contributed by atoms with van der Waals surface area (Å²) in [6.07, 6.45) is -5.08. The van der Waals surface area contributed by atoms with E-state index in [-0.39, 0.29) is 5.56 Å². The van der Waals surface area contributed by atoms with Crippen molar-refractivity contribution in [2.45, 2.75) is 6.18 Å². The fourth-order valence-electron chi connectivity index (χ4n) is 0.975. The molecule has 10 heteroatoms. The van der Waals surface area contributed by atoms with Crippen molar-refractivity contribution < 1.29 is 33.0 Å². The maximum absolute atomic E-state index is 10.6. The van der Waals surface area contributed by atoms with Crippen LogP contribution < -0.4 is 0 Å². The van der Waals surface area contributed by atoms with E-state index in [2.05, 4.69) is 15.4 Å². The summed E-state index contributed by atoms with van der Waals surface area (Å²) in [7, 11) is 0. The van der Waals surface area contributed by atoms with Crippen molar-refractivity contribution in [3.63, 3.8) is 0 Å². The van der Waals surface area contributed by atoms with Crippen LogP contribution in [-0.4, -0.2) is 43.7 Å². The Hall–Kier alpha value is -2.65. The van der Waals surface area contributed by atoms with Crippen LogP contribution in [0.2, 0.25) is 0 Å². The average molecular weight is 277 g/mol. The van der Waals surface area contributed by atoms with Gasteiger partial charge in [-0.2, -0.15) is 13.2 Å². The fourth-order valence-corrected chi connectivity index (χ4v) is 0.975. The fraction of sp³-hybridized carbons (Fsp3) is 0.111. The summed E-state index contributed by atoms with van der Waals surface area (Å²) in [5.41, 5.74) is 1.52. The smallest absolute Gasteiger partial charge is 0.478 e. The number of hydrogen-bond acceptors (Lipinski definition) is 4. The van der Waals surface area contributed by atoms with Gasteiger partial charge in [0.05, 0.1) is 11.1 Å². The number of carboxylic acids is 2. The lowest BCUT2D eigenvalue weighted by Gasteiger charge is -1.93. The van der Waals surface area contributed by atoms with Crippen LogP contribution in [0.25, 0.3) is 11.0 Å². The summed E-state index contributed by atoms with van der Waals surface area (Å²) in [5.74, 6) is -3.72. The van der Waals surface area contributed by atoms with Gasteiger partial charge in [-0.25, -0.2) is 9.59 Å². The average Bonchev–Trinajstić information content (AvgIpc) is 2.74. The molecule has 0 aliphatic heterocycles. The molecular weight excluding hydrogens is 271 g/mol. The molecule has 0 fully saturated rings. The standard InChI is InChI=1S/C7H5N3O2.C2HF3O2/c11-7(12)4-1-2-5-6(3-4)9-10-8-5;3-2(4,5)1(6)7/h1-3H,(H,11,12)(H,8,9,10);(H,6,7). The van der Waals surface area contributed by atoms with Gasteiger partial charge in [0.1, 0.15) is 5.52 Å². The van der Waals surface area contributed by atoms with Crippen LogP contribution in [0.1, 0.15) is 10.4 Å². The third kappa shape index (κ3) is 3.94. The second-order valence-corrected chi connectivity index (χ2v) is 3.15. The van der Waals surface area contributed by atoms with E-state index in [9.17, 15) is 18.0 Å². The van der Waals surface area contributed by atoms with Gasteiger partial charge in [-0.05, 0) is 18.2 Å². The molecule has 0 aliphatic carbocycles. The number of carboxylic acid groups (broad SMARTS) is 2. The molecule has 0 atom stereocenters. The minimum absolute atomic E-state index is 0.219. The molecule has 7 nitrogen and oxygen atoms in total. The zero-order chi connectivity index (χ0) is 14.6. The lowest BCUT2D eigenvalue weighted by atomic mass is 10.2. The molecule has 102 valence electrons. The summed E-state index contributed by atoms with van der Waals surface area (Å²) in [6.45, 7) is 0. The Kier molecular flexibility index (Phi) is 4.04. The first-order chi connectivity index (χ1) is 8.71. The zero-order valence-corrected chi connectivity index (χ0v) is 8.97. The number of hydrogen-bond donors (Lipinski definition) is 3. The molecule has 0 radical (unpaired) electrons. The molecule has 0 spiro atoms. The lowest BCUT2D eigenvalue weighted by Crippen LogP contribution is -2.21. The maximum Gasteiger partial charge on any atom is 0.490 e. The third-order valence-electron chi connectivity index (χ3n) is 1.82. The number of benzene rings is 1. The van der Waals surface area contributed by atoms with Crippen LogP contribution in [0.3, 0.4) is 0 Å². The second-order valence-electron chi connectivity index (χ2n) is 3.15. The number of alkyl halides is 3. The highest BCUT2D eigenvalue weighted by atomic mass is 19.4. The van der Waals surface area contributed by atoms with Crippen LogP contribution in [0.15, 0.2) is 18.2 Å². The number of nitrogens with zero attached hydrogens (tertiary/aromatic N) is 2. The van der Waals surface area contributed by atoms with Gasteiger partial charge in [-0.15, -0.1) is 5.10 Å². The minimum atomic E-state index is -5.08. The molecule has 0 saturated carbocycles. The van der Waals surface area contributed by atoms with Gasteiger partial charge in [0.25, 0.3) is 0 Å². The summed E-state index contributed by atoms with van der Waals surface area (Å²) in [5, 5.41) is 25.6. The minimum Gasteiger partial charge on any atom is -0.478 e. The molecule has 0 amide bonds. The van der Waals surface area contributed by atoms with Crippen molar-refractivity contribution in [1.82, 2.24) is 15.4 Å². The monoisotopic (exact) mass is 277 g/mol. The number of H-pyrrole nitrogens is 1. The van der Waals surface area contributed by atoms with Crippen LogP contribution in [0, 0.1) is 0 Å². The summed E-state index contributed by atoms with van der Waals surface area (Å²) >= 11 is 0. The highest BCUT2D eigenvalue weighted by Crippen LogP contribution is 2.13. The molecule has 19 heavy (non-hydrogen) atoms. The zero-order valence-electron chi connectivity index (χ0n) is 8.97. The van der Waals surface area contributed by atoms with Crippen LogP contribution in [0.5, 0.6) is 0 Å². The Labute approximate surface area is 102 Å². The molecule has 0 unspecified atom stereocenters. The van der Waals surface area contributed by atoms with Gasteiger partial charge in [-0.1, -0.05) is 5.21 Å². The Morgan fingerprint density at radius 1 is 1.21 bits per heavy atom. The Bertz CT molecular complexity index is 608. The maximum atomic E-state index is 10.6. The summed E-state index contributed by atoms with van der Waals surface area (Å²) in [6, 6.07) is 4.62. The third-order valence-corrected chi connectivity index (χ3v) is 1.82. The lowest BCUT2D eigenvalue weighted by molar-refractivity contribution is -0.192.